The number of carbonyl (C=O) groups is 1. The Bertz CT molecular complexity index is 601. The smallest absolute Gasteiger partial charge is 0.456 e. The van der Waals surface area contributed by atoms with Crippen LogP contribution in [0.1, 0.15) is 57.5 Å². The maximum atomic E-state index is 12.0. The van der Waals surface area contributed by atoms with E-state index in [1.54, 1.807) is 39.8 Å². The van der Waals surface area contributed by atoms with E-state index in [2.05, 4.69) is 0 Å². The Morgan fingerprint density at radius 3 is 1.88 bits per heavy atom. The van der Waals surface area contributed by atoms with E-state index in [1.165, 1.54) is 19.9 Å². The first-order valence-electron chi connectivity index (χ1n) is 8.07. The van der Waals surface area contributed by atoms with Gasteiger partial charge in [0, 0.05) is 12.1 Å². The number of nitrogen functional groups attached to an aromatic ring is 1. The molecule has 0 aliphatic carbocycles. The molecule has 1 unspecified atom stereocenters. The standard InChI is InChI=1S/C17H27NO4.BH3O3/c1-15(2,3)22-14(19)11-7-8-12(13(18)9-11)10-17(6,21)16(4,5)20;2-1(3)4/h7-9,20-21H,10,18H2,1-6H3;2-4H. The summed E-state index contributed by atoms with van der Waals surface area (Å²) in [7, 11) is -2.17. The zero-order chi connectivity index (χ0) is 20.9. The molecule has 0 spiro atoms. The van der Waals surface area contributed by atoms with Crippen molar-refractivity contribution in [3.8, 4) is 0 Å². The number of benzene rings is 1. The highest BCUT2D eigenvalue weighted by molar-refractivity contribution is 6.30. The van der Waals surface area contributed by atoms with Crippen LogP contribution in [-0.2, 0) is 11.2 Å². The monoisotopic (exact) mass is 371 g/mol. The normalized spacial score (nSPS) is 14.0. The van der Waals surface area contributed by atoms with E-state index in [-0.39, 0.29) is 6.42 Å². The maximum Gasteiger partial charge on any atom is 0.631 e. The first kappa shape index (κ1) is 24.4. The van der Waals surface area contributed by atoms with Crippen LogP contribution >= 0.6 is 0 Å². The fourth-order valence-electron chi connectivity index (χ4n) is 1.81. The predicted molar refractivity (Wildman–Crippen MR) is 99.1 cm³/mol. The summed E-state index contributed by atoms with van der Waals surface area (Å²) >= 11 is 0. The topological polar surface area (TPSA) is 153 Å². The molecule has 0 saturated heterocycles. The highest BCUT2D eigenvalue weighted by Gasteiger charge is 2.38. The van der Waals surface area contributed by atoms with Gasteiger partial charge in [-0.25, -0.2) is 4.79 Å². The fraction of sp³-hybridized carbons (Fsp3) is 0.588. The zero-order valence-corrected chi connectivity index (χ0v) is 16.1. The van der Waals surface area contributed by atoms with Gasteiger partial charge in [0.25, 0.3) is 0 Å². The first-order valence-corrected chi connectivity index (χ1v) is 8.07. The van der Waals surface area contributed by atoms with Crippen molar-refractivity contribution in [2.75, 3.05) is 5.73 Å². The SMILES string of the molecule is CC(C)(C)OC(=O)c1ccc(CC(C)(O)C(C)(C)O)c(N)c1.OB(O)O. The zero-order valence-electron chi connectivity index (χ0n) is 16.1. The van der Waals surface area contributed by atoms with E-state index in [9.17, 15) is 15.0 Å². The van der Waals surface area contributed by atoms with Crippen LogP contribution in [0.15, 0.2) is 18.2 Å². The van der Waals surface area contributed by atoms with Gasteiger partial charge in [-0.15, -0.1) is 0 Å². The van der Waals surface area contributed by atoms with Crippen LogP contribution in [0.2, 0.25) is 0 Å². The number of aliphatic hydroxyl groups is 2. The Hall–Kier alpha value is -1.65. The molecule has 0 aromatic heterocycles. The second kappa shape index (κ2) is 8.83. The minimum absolute atomic E-state index is 0.178. The van der Waals surface area contributed by atoms with Crippen LogP contribution in [0.4, 0.5) is 5.69 Å². The summed E-state index contributed by atoms with van der Waals surface area (Å²) < 4.78 is 5.29. The van der Waals surface area contributed by atoms with Crippen LogP contribution in [-0.4, -0.2) is 55.4 Å². The third-order valence-corrected chi connectivity index (χ3v) is 3.63. The third-order valence-electron chi connectivity index (χ3n) is 3.63. The Morgan fingerprint density at radius 2 is 1.54 bits per heavy atom. The molecule has 1 atom stereocenters. The molecular formula is C17H30BNO7. The molecule has 1 aromatic carbocycles. The molecule has 0 saturated carbocycles. The number of ether oxygens (including phenoxy) is 1. The molecule has 0 aliphatic rings. The molecule has 0 bridgehead atoms. The average Bonchev–Trinajstić information content (AvgIpc) is 2.36. The van der Waals surface area contributed by atoms with E-state index < -0.39 is 30.1 Å². The maximum absolute atomic E-state index is 12.0. The van der Waals surface area contributed by atoms with Crippen molar-refractivity contribution < 1.29 is 34.8 Å². The number of hydrogen-bond acceptors (Lipinski definition) is 8. The van der Waals surface area contributed by atoms with E-state index in [0.29, 0.717) is 16.8 Å². The third kappa shape index (κ3) is 8.64. The van der Waals surface area contributed by atoms with Crippen LogP contribution in [0.5, 0.6) is 0 Å². The summed E-state index contributed by atoms with van der Waals surface area (Å²) in [5.74, 6) is -0.444. The Kier molecular flexibility index (Phi) is 8.27. The summed E-state index contributed by atoms with van der Waals surface area (Å²) in [6.45, 7) is 10.0. The van der Waals surface area contributed by atoms with Crippen LogP contribution in [0, 0.1) is 0 Å². The largest absolute Gasteiger partial charge is 0.631 e. The molecule has 1 aromatic rings. The lowest BCUT2D eigenvalue weighted by molar-refractivity contribution is -0.118. The van der Waals surface area contributed by atoms with Gasteiger partial charge in [-0.3, -0.25) is 0 Å². The van der Waals surface area contributed by atoms with Crippen LogP contribution in [0.25, 0.3) is 0 Å². The second-order valence-corrected chi connectivity index (χ2v) is 7.77. The number of nitrogens with two attached hydrogens (primary N) is 1. The van der Waals surface area contributed by atoms with Gasteiger partial charge in [0.05, 0.1) is 16.8 Å². The number of rotatable bonds is 4. The lowest BCUT2D eigenvalue weighted by Gasteiger charge is -2.36. The number of hydrogen-bond donors (Lipinski definition) is 6. The predicted octanol–water partition coefficient (Wildman–Crippen LogP) is 0.237. The first-order chi connectivity index (χ1) is 11.5. The summed E-state index contributed by atoms with van der Waals surface area (Å²) in [6.07, 6.45) is 0.178. The van der Waals surface area contributed by atoms with Crippen molar-refractivity contribution in [1.82, 2.24) is 0 Å². The minimum Gasteiger partial charge on any atom is -0.456 e. The highest BCUT2D eigenvalue weighted by Crippen LogP contribution is 2.28. The highest BCUT2D eigenvalue weighted by atomic mass is 16.6. The van der Waals surface area contributed by atoms with Gasteiger partial charge in [-0.05, 0) is 59.2 Å². The summed E-state index contributed by atoms with van der Waals surface area (Å²) in [5.41, 5.74) is 4.19. The Balaban J connectivity index is 0.00000141. The van der Waals surface area contributed by atoms with Crippen molar-refractivity contribution >= 4 is 19.0 Å². The molecule has 8 nitrogen and oxygen atoms in total. The summed E-state index contributed by atoms with van der Waals surface area (Å²) in [4.78, 5) is 12.0. The molecule has 0 heterocycles. The van der Waals surface area contributed by atoms with Crippen LogP contribution in [0.3, 0.4) is 0 Å². The molecule has 0 amide bonds. The quantitative estimate of drug-likeness (QED) is 0.250. The van der Waals surface area contributed by atoms with Crippen molar-refractivity contribution in [3.63, 3.8) is 0 Å². The molecular weight excluding hydrogens is 341 g/mol. The van der Waals surface area contributed by atoms with E-state index in [0.717, 1.165) is 0 Å². The van der Waals surface area contributed by atoms with Crippen molar-refractivity contribution in [1.29, 1.82) is 0 Å². The molecule has 7 N–H and O–H groups in total. The average molecular weight is 371 g/mol. The molecule has 0 aliphatic heterocycles. The second-order valence-electron chi connectivity index (χ2n) is 7.77. The summed E-state index contributed by atoms with van der Waals surface area (Å²) in [5, 5.41) is 41.9. The number of carbonyl (C=O) groups excluding carboxylic acids is 1. The van der Waals surface area contributed by atoms with Crippen molar-refractivity contribution in [2.45, 2.75) is 64.8 Å². The van der Waals surface area contributed by atoms with Gasteiger partial charge < -0.3 is 35.8 Å². The molecule has 1 rings (SSSR count). The lowest BCUT2D eigenvalue weighted by atomic mass is 9.82. The van der Waals surface area contributed by atoms with E-state index in [1.807, 2.05) is 0 Å². The van der Waals surface area contributed by atoms with Gasteiger partial charge in [-0.1, -0.05) is 6.07 Å². The molecule has 0 radical (unpaired) electrons. The molecule has 148 valence electrons. The van der Waals surface area contributed by atoms with Gasteiger partial charge in [-0.2, -0.15) is 0 Å². The molecule has 26 heavy (non-hydrogen) atoms. The van der Waals surface area contributed by atoms with Crippen LogP contribution < -0.4 is 5.73 Å². The Morgan fingerprint density at radius 1 is 1.08 bits per heavy atom. The van der Waals surface area contributed by atoms with Gasteiger partial charge in [0.1, 0.15) is 5.60 Å². The van der Waals surface area contributed by atoms with E-state index in [4.69, 9.17) is 25.5 Å². The molecule has 9 heteroatoms. The summed E-state index contributed by atoms with van der Waals surface area (Å²) in [6, 6.07) is 4.82. The van der Waals surface area contributed by atoms with Gasteiger partial charge in [0.15, 0.2) is 0 Å². The van der Waals surface area contributed by atoms with Gasteiger partial charge >= 0.3 is 13.3 Å². The molecule has 0 fully saturated rings. The fourth-order valence-corrected chi connectivity index (χ4v) is 1.81. The Labute approximate surface area is 154 Å². The number of esters is 1. The van der Waals surface area contributed by atoms with Gasteiger partial charge in [0.2, 0.25) is 0 Å². The van der Waals surface area contributed by atoms with E-state index >= 15 is 0 Å². The minimum atomic E-state index is -2.17. The van der Waals surface area contributed by atoms with Crippen molar-refractivity contribution in [3.05, 3.63) is 29.3 Å². The number of anilines is 1. The van der Waals surface area contributed by atoms with Crippen molar-refractivity contribution in [2.24, 2.45) is 0 Å². The lowest BCUT2D eigenvalue weighted by Crippen LogP contribution is -2.49.